The van der Waals surface area contributed by atoms with Crippen molar-refractivity contribution in [3.05, 3.63) is 70.5 Å². The van der Waals surface area contributed by atoms with Crippen molar-refractivity contribution in [3.8, 4) is 0 Å². The summed E-state index contributed by atoms with van der Waals surface area (Å²) in [6, 6.07) is 12.8. The molecule has 0 bridgehead atoms. The fraction of sp³-hybridized carbons (Fsp3) is 0.381. The zero-order valence-corrected chi connectivity index (χ0v) is 14.3. The molecular weight excluding hydrogens is 317 g/mol. The van der Waals surface area contributed by atoms with Gasteiger partial charge < -0.3 is 10.0 Å². The fourth-order valence-corrected chi connectivity index (χ4v) is 4.06. The van der Waals surface area contributed by atoms with E-state index in [9.17, 15) is 14.3 Å². The van der Waals surface area contributed by atoms with Crippen molar-refractivity contribution in [3.63, 3.8) is 0 Å². The molecule has 2 aromatic carbocycles. The molecule has 4 heteroatoms. The van der Waals surface area contributed by atoms with E-state index in [2.05, 4.69) is 0 Å². The lowest BCUT2D eigenvalue weighted by Crippen LogP contribution is -2.39. The van der Waals surface area contributed by atoms with E-state index in [-0.39, 0.29) is 23.7 Å². The van der Waals surface area contributed by atoms with Gasteiger partial charge in [-0.3, -0.25) is 4.79 Å². The number of amides is 1. The molecule has 1 saturated heterocycles. The third-order valence-electron chi connectivity index (χ3n) is 5.70. The minimum Gasteiger partial charge on any atom is -0.393 e. The number of rotatable bonds is 3. The number of hydrogen-bond donors (Lipinski definition) is 1. The van der Waals surface area contributed by atoms with Crippen LogP contribution in [0.1, 0.15) is 33.5 Å². The van der Waals surface area contributed by atoms with Crippen LogP contribution in [0.2, 0.25) is 0 Å². The number of carbonyl (C=O) groups excluding carboxylic acids is 1. The van der Waals surface area contributed by atoms with Crippen molar-refractivity contribution in [1.82, 2.24) is 4.90 Å². The average Bonchev–Trinajstić information content (AvgIpc) is 2.95. The molecular formula is C21H22FNO2. The summed E-state index contributed by atoms with van der Waals surface area (Å²) >= 11 is 0. The van der Waals surface area contributed by atoms with Crippen LogP contribution in [0.5, 0.6) is 0 Å². The predicted molar refractivity (Wildman–Crippen MR) is 93.9 cm³/mol. The Morgan fingerprint density at radius 1 is 1.24 bits per heavy atom. The number of hydrogen-bond acceptors (Lipinski definition) is 2. The van der Waals surface area contributed by atoms with Crippen LogP contribution >= 0.6 is 0 Å². The van der Waals surface area contributed by atoms with Gasteiger partial charge in [0.15, 0.2) is 0 Å². The van der Waals surface area contributed by atoms with Gasteiger partial charge in [-0.2, -0.15) is 0 Å². The van der Waals surface area contributed by atoms with Crippen molar-refractivity contribution < 1.29 is 14.3 Å². The molecule has 2 fully saturated rings. The van der Waals surface area contributed by atoms with Gasteiger partial charge in [0.2, 0.25) is 0 Å². The molecule has 3 atom stereocenters. The number of aliphatic hydroxyl groups excluding tert-OH is 1. The molecule has 0 spiro atoms. The van der Waals surface area contributed by atoms with E-state index in [4.69, 9.17) is 0 Å². The van der Waals surface area contributed by atoms with E-state index in [0.29, 0.717) is 30.0 Å². The third kappa shape index (κ3) is 2.95. The topological polar surface area (TPSA) is 40.5 Å². The van der Waals surface area contributed by atoms with Gasteiger partial charge in [0.1, 0.15) is 5.82 Å². The van der Waals surface area contributed by atoms with Crippen LogP contribution in [-0.2, 0) is 6.42 Å². The molecule has 1 heterocycles. The molecule has 1 aliphatic carbocycles. The highest BCUT2D eigenvalue weighted by Gasteiger charge is 2.47. The highest BCUT2D eigenvalue weighted by atomic mass is 19.1. The monoisotopic (exact) mass is 339 g/mol. The average molecular weight is 339 g/mol. The summed E-state index contributed by atoms with van der Waals surface area (Å²) in [4.78, 5) is 14.8. The van der Waals surface area contributed by atoms with Gasteiger partial charge in [0.05, 0.1) is 6.10 Å². The van der Waals surface area contributed by atoms with Gasteiger partial charge in [-0.1, -0.05) is 30.3 Å². The largest absolute Gasteiger partial charge is 0.393 e. The second-order valence-corrected chi connectivity index (χ2v) is 7.35. The van der Waals surface area contributed by atoms with E-state index in [0.717, 1.165) is 24.1 Å². The molecule has 1 saturated carbocycles. The Bertz CT molecular complexity index is 819. The first-order valence-electron chi connectivity index (χ1n) is 8.83. The van der Waals surface area contributed by atoms with Gasteiger partial charge in [0, 0.05) is 24.6 Å². The third-order valence-corrected chi connectivity index (χ3v) is 5.70. The Morgan fingerprint density at radius 2 is 2.04 bits per heavy atom. The summed E-state index contributed by atoms with van der Waals surface area (Å²) in [5, 5.41) is 9.81. The zero-order valence-electron chi connectivity index (χ0n) is 14.3. The summed E-state index contributed by atoms with van der Waals surface area (Å²) in [5.74, 6) is 0.482. The molecule has 1 N–H and O–H groups in total. The minimum atomic E-state index is -0.256. The van der Waals surface area contributed by atoms with Gasteiger partial charge in [-0.15, -0.1) is 0 Å². The van der Waals surface area contributed by atoms with Gasteiger partial charge in [-0.25, -0.2) is 4.39 Å². The number of aryl methyl sites for hydroxylation is 1. The lowest BCUT2D eigenvalue weighted by molar-refractivity contribution is -0.00427. The summed E-state index contributed by atoms with van der Waals surface area (Å²) in [5.41, 5.74) is 3.08. The summed E-state index contributed by atoms with van der Waals surface area (Å²) in [7, 11) is 0. The molecule has 1 amide bonds. The van der Waals surface area contributed by atoms with E-state index in [1.54, 1.807) is 19.1 Å². The maximum atomic E-state index is 13.8. The first-order chi connectivity index (χ1) is 12.0. The summed E-state index contributed by atoms with van der Waals surface area (Å²) < 4.78 is 13.8. The number of carbonyl (C=O) groups is 1. The quantitative estimate of drug-likeness (QED) is 0.933. The summed E-state index contributed by atoms with van der Waals surface area (Å²) in [6.45, 7) is 3.11. The number of fused-ring (bicyclic) bond motifs is 1. The summed E-state index contributed by atoms with van der Waals surface area (Å²) in [6.07, 6.45) is 1.08. The van der Waals surface area contributed by atoms with Crippen LogP contribution in [0.4, 0.5) is 4.39 Å². The molecule has 3 nitrogen and oxygen atoms in total. The number of benzene rings is 2. The standard InChI is InChI=1S/C21H22FNO2/c1-13-6-7-14(9-19(13)22)8-15-4-2-3-5-17(15)21(25)23-11-16-10-20(24)18(16)12-23/h2-7,9,16,18,20,24H,8,10-12H2,1H3/t16-,18+,20+/m1/s1. The lowest BCUT2D eigenvalue weighted by atomic mass is 9.74. The normalized spacial score (nSPS) is 24.8. The number of nitrogens with zero attached hydrogens (tertiary/aromatic N) is 1. The van der Waals surface area contributed by atoms with E-state index >= 15 is 0 Å². The number of aliphatic hydroxyl groups is 1. The molecule has 2 aromatic rings. The Morgan fingerprint density at radius 3 is 2.76 bits per heavy atom. The maximum absolute atomic E-state index is 13.8. The fourth-order valence-electron chi connectivity index (χ4n) is 4.06. The van der Waals surface area contributed by atoms with Crippen LogP contribution in [0.15, 0.2) is 42.5 Å². The maximum Gasteiger partial charge on any atom is 0.254 e. The number of halogens is 1. The van der Waals surface area contributed by atoms with Crippen molar-refractivity contribution in [2.75, 3.05) is 13.1 Å². The minimum absolute atomic E-state index is 0.0183. The predicted octanol–water partition coefficient (Wildman–Crippen LogP) is 3.18. The number of likely N-dealkylation sites (tertiary alicyclic amines) is 1. The lowest BCUT2D eigenvalue weighted by Gasteiger charge is -2.34. The zero-order chi connectivity index (χ0) is 17.6. The van der Waals surface area contributed by atoms with Crippen LogP contribution in [0.3, 0.4) is 0 Å². The second kappa shape index (κ2) is 6.26. The molecule has 2 aliphatic rings. The Hall–Kier alpha value is -2.20. The van der Waals surface area contributed by atoms with Gasteiger partial charge in [-0.05, 0) is 54.5 Å². The second-order valence-electron chi connectivity index (χ2n) is 7.35. The molecule has 4 rings (SSSR count). The van der Waals surface area contributed by atoms with Crippen molar-refractivity contribution in [2.24, 2.45) is 11.8 Å². The van der Waals surface area contributed by atoms with E-state index in [1.165, 1.54) is 0 Å². The Balaban J connectivity index is 1.56. The highest BCUT2D eigenvalue weighted by Crippen LogP contribution is 2.41. The Labute approximate surface area is 147 Å². The van der Waals surface area contributed by atoms with Gasteiger partial charge >= 0.3 is 0 Å². The van der Waals surface area contributed by atoms with Crippen LogP contribution in [0.25, 0.3) is 0 Å². The molecule has 0 radical (unpaired) electrons. The highest BCUT2D eigenvalue weighted by molar-refractivity contribution is 5.96. The SMILES string of the molecule is Cc1ccc(Cc2ccccc2C(=O)N2C[C@H]3C[C@H](O)[C@H]3C2)cc1F. The molecule has 130 valence electrons. The molecule has 0 aromatic heterocycles. The molecule has 1 aliphatic heterocycles. The van der Waals surface area contributed by atoms with Gasteiger partial charge in [0.25, 0.3) is 5.91 Å². The van der Waals surface area contributed by atoms with Crippen molar-refractivity contribution in [2.45, 2.75) is 25.9 Å². The molecule has 25 heavy (non-hydrogen) atoms. The first kappa shape index (κ1) is 16.3. The van der Waals surface area contributed by atoms with E-state index < -0.39 is 0 Å². The van der Waals surface area contributed by atoms with E-state index in [1.807, 2.05) is 35.2 Å². The van der Waals surface area contributed by atoms with Crippen LogP contribution in [0, 0.1) is 24.6 Å². The Kier molecular flexibility index (Phi) is 4.08. The van der Waals surface area contributed by atoms with Crippen LogP contribution in [-0.4, -0.2) is 35.1 Å². The smallest absolute Gasteiger partial charge is 0.254 e. The molecule has 0 unspecified atom stereocenters. The van der Waals surface area contributed by atoms with Crippen molar-refractivity contribution in [1.29, 1.82) is 0 Å². The van der Waals surface area contributed by atoms with Crippen molar-refractivity contribution >= 4 is 5.91 Å². The van der Waals surface area contributed by atoms with Crippen LogP contribution < -0.4 is 0 Å². The first-order valence-corrected chi connectivity index (χ1v) is 8.83.